The van der Waals surface area contributed by atoms with Crippen LogP contribution in [0.25, 0.3) is 0 Å². The van der Waals surface area contributed by atoms with Gasteiger partial charge in [0.05, 0.1) is 0 Å². The van der Waals surface area contributed by atoms with Crippen molar-refractivity contribution in [2.45, 2.75) is 0 Å². The van der Waals surface area contributed by atoms with Crippen LogP contribution in [-0.4, -0.2) is 4.92 Å². The first-order valence-corrected chi connectivity index (χ1v) is 2.18. The first-order valence-electron chi connectivity index (χ1n) is 1.29. The van der Waals surface area contributed by atoms with Gasteiger partial charge in [0, 0.05) is 0 Å². The molecule has 0 heterocycles. The van der Waals surface area contributed by atoms with Crippen molar-refractivity contribution in [3.63, 3.8) is 0 Å². The summed E-state index contributed by atoms with van der Waals surface area (Å²) in [4.78, 5) is 8.64. The fourth-order valence-electron chi connectivity index (χ4n) is 0.0816. The Morgan fingerprint density at radius 3 is 2.14 bits per heavy atom. The highest BCUT2D eigenvalue weighted by Gasteiger charge is 1.67. The summed E-state index contributed by atoms with van der Waals surface area (Å²) in [6.07, 6.45) is 1.67. The standard InChI is InChI=1S/C2H2NO2S2/c4-3(5)1-2(6)7/h6-7H/q-1. The van der Waals surface area contributed by atoms with Crippen LogP contribution in [0.4, 0.5) is 0 Å². The molecule has 0 rings (SSSR count). The van der Waals surface area contributed by atoms with E-state index in [0.29, 0.717) is 0 Å². The fourth-order valence-corrected chi connectivity index (χ4v) is 0.245. The second-order valence-electron chi connectivity index (χ2n) is 0.693. The highest BCUT2D eigenvalue weighted by Crippen LogP contribution is 2.01. The van der Waals surface area contributed by atoms with Crippen LogP contribution in [0.3, 0.4) is 0 Å². The number of hydrogen-bond acceptors (Lipinski definition) is 4. The molecule has 0 atom stereocenters. The monoisotopic (exact) mass is 136 g/mol. The van der Waals surface area contributed by atoms with Crippen molar-refractivity contribution in [1.29, 1.82) is 0 Å². The van der Waals surface area contributed by atoms with E-state index < -0.39 is 4.92 Å². The van der Waals surface area contributed by atoms with Crippen LogP contribution in [0, 0.1) is 16.3 Å². The average molecular weight is 136 g/mol. The third-order valence-electron chi connectivity index (χ3n) is 0.191. The number of thiol groups is 2. The van der Waals surface area contributed by atoms with E-state index in [1.807, 2.05) is 0 Å². The molecule has 0 aliphatic carbocycles. The van der Waals surface area contributed by atoms with Crippen molar-refractivity contribution in [3.05, 3.63) is 20.6 Å². The predicted molar refractivity (Wildman–Crippen MR) is 31.7 cm³/mol. The topological polar surface area (TPSA) is 43.1 Å². The lowest BCUT2D eigenvalue weighted by Crippen LogP contribution is -1.82. The molecule has 0 spiro atoms. The van der Waals surface area contributed by atoms with Gasteiger partial charge in [0.1, 0.15) is 0 Å². The molecule has 0 unspecified atom stereocenters. The normalized spacial score (nSPS) is 7.71. The molecule has 0 saturated heterocycles. The molecule has 5 heteroatoms. The van der Waals surface area contributed by atoms with Gasteiger partial charge in [-0.25, -0.2) is 0 Å². The molecule has 0 N–H and O–H groups in total. The van der Waals surface area contributed by atoms with Crippen molar-refractivity contribution < 1.29 is 4.92 Å². The van der Waals surface area contributed by atoms with Crippen molar-refractivity contribution >= 4 is 25.3 Å². The molecule has 0 aliphatic rings. The van der Waals surface area contributed by atoms with Crippen LogP contribution in [0.15, 0.2) is 4.24 Å². The Morgan fingerprint density at radius 2 is 2.14 bits per heavy atom. The minimum atomic E-state index is -0.741. The number of hydrogen-bond donors (Lipinski definition) is 2. The Labute approximate surface area is 51.4 Å². The lowest BCUT2D eigenvalue weighted by atomic mass is 11.1. The van der Waals surface area contributed by atoms with E-state index in [2.05, 4.69) is 25.3 Å². The fraction of sp³-hybridized carbons (Fsp3) is 0. The summed E-state index contributed by atoms with van der Waals surface area (Å²) in [6.45, 7) is 0. The Balaban J connectivity index is 3.68. The summed E-state index contributed by atoms with van der Waals surface area (Å²) < 4.78 is -0.0231. The molecule has 0 bridgehead atoms. The van der Waals surface area contributed by atoms with Crippen molar-refractivity contribution in [2.24, 2.45) is 0 Å². The molecule has 0 fully saturated rings. The van der Waals surface area contributed by atoms with E-state index >= 15 is 0 Å². The smallest absolute Gasteiger partial charge is 0.0722 e. The SMILES string of the molecule is O=[N+]([O-])[C-]=C(S)S. The summed E-state index contributed by atoms with van der Waals surface area (Å²) >= 11 is 6.93. The molecule has 3 nitrogen and oxygen atoms in total. The largest absolute Gasteiger partial charge is 0.297 e. The maximum absolute atomic E-state index is 9.39. The summed E-state index contributed by atoms with van der Waals surface area (Å²) in [7, 11) is 0. The third-order valence-corrected chi connectivity index (χ3v) is 0.391. The second kappa shape index (κ2) is 2.92. The molecule has 0 aromatic carbocycles. The minimum absolute atomic E-state index is 0.0231. The molecule has 0 radical (unpaired) electrons. The number of nitro groups is 1. The van der Waals surface area contributed by atoms with Gasteiger partial charge >= 0.3 is 0 Å². The van der Waals surface area contributed by atoms with E-state index in [0.717, 1.165) is 0 Å². The van der Waals surface area contributed by atoms with Crippen LogP contribution < -0.4 is 0 Å². The van der Waals surface area contributed by atoms with Gasteiger partial charge in [-0.1, -0.05) is 10.4 Å². The van der Waals surface area contributed by atoms with E-state index in [-0.39, 0.29) is 4.24 Å². The molecule has 0 amide bonds. The summed E-state index contributed by atoms with van der Waals surface area (Å²) in [5.74, 6) is 0. The summed E-state index contributed by atoms with van der Waals surface area (Å²) in [5, 5.41) is 9.39. The van der Waals surface area contributed by atoms with E-state index in [9.17, 15) is 10.1 Å². The van der Waals surface area contributed by atoms with Crippen LogP contribution >= 0.6 is 25.3 Å². The van der Waals surface area contributed by atoms with E-state index in [1.54, 1.807) is 6.20 Å². The molecule has 7 heavy (non-hydrogen) atoms. The third kappa shape index (κ3) is 5.84. The molecule has 0 aliphatic heterocycles. The van der Waals surface area contributed by atoms with Gasteiger partial charge in [-0.05, 0) is 0 Å². The molecule has 0 saturated carbocycles. The zero-order valence-electron chi connectivity index (χ0n) is 3.16. The van der Waals surface area contributed by atoms with Crippen LogP contribution in [-0.2, 0) is 0 Å². The van der Waals surface area contributed by atoms with Gasteiger partial charge in [-0.3, -0.25) is 10.1 Å². The first-order chi connectivity index (χ1) is 3.13. The van der Waals surface area contributed by atoms with Crippen molar-refractivity contribution in [3.8, 4) is 0 Å². The maximum atomic E-state index is 9.39. The van der Waals surface area contributed by atoms with Gasteiger partial charge < -0.3 is 0 Å². The van der Waals surface area contributed by atoms with Crippen LogP contribution in [0.5, 0.6) is 0 Å². The second-order valence-corrected chi connectivity index (χ2v) is 1.94. The Bertz CT molecular complexity index is 106. The van der Waals surface area contributed by atoms with Gasteiger partial charge in [-0.2, -0.15) is 25.3 Å². The van der Waals surface area contributed by atoms with Gasteiger partial charge in [0.15, 0.2) is 0 Å². The Morgan fingerprint density at radius 1 is 1.71 bits per heavy atom. The Kier molecular flexibility index (Phi) is 2.86. The molecule has 0 aromatic heterocycles. The highest BCUT2D eigenvalue weighted by atomic mass is 32.2. The summed E-state index contributed by atoms with van der Waals surface area (Å²) in [5.41, 5.74) is 0. The quantitative estimate of drug-likeness (QED) is 0.183. The van der Waals surface area contributed by atoms with Crippen LogP contribution in [0.1, 0.15) is 0 Å². The van der Waals surface area contributed by atoms with E-state index in [1.165, 1.54) is 0 Å². The lowest BCUT2D eigenvalue weighted by molar-refractivity contribution is -0.419. The van der Waals surface area contributed by atoms with E-state index in [4.69, 9.17) is 0 Å². The van der Waals surface area contributed by atoms with Crippen molar-refractivity contribution in [2.75, 3.05) is 0 Å². The molecular formula is C2H2NO2S2-. The highest BCUT2D eigenvalue weighted by molar-refractivity contribution is 8.04. The predicted octanol–water partition coefficient (Wildman–Crippen LogP) is 0.725. The van der Waals surface area contributed by atoms with Gasteiger partial charge in [0.2, 0.25) is 0 Å². The molecule has 0 aromatic rings. The molecule has 40 valence electrons. The lowest BCUT2D eigenvalue weighted by Gasteiger charge is -1.92. The van der Waals surface area contributed by atoms with Gasteiger partial charge in [-0.15, -0.1) is 4.92 Å². The first kappa shape index (κ1) is 6.84. The number of nitrogens with zero attached hydrogens (tertiary/aromatic N) is 1. The average Bonchev–Trinajstić information content (AvgIpc) is 1.27. The van der Waals surface area contributed by atoms with Gasteiger partial charge in [0.25, 0.3) is 0 Å². The maximum Gasteiger partial charge on any atom is -0.0722 e. The summed E-state index contributed by atoms with van der Waals surface area (Å²) in [6, 6.07) is 0. The number of rotatable bonds is 1. The minimum Gasteiger partial charge on any atom is -0.297 e. The zero-order chi connectivity index (χ0) is 5.86. The molecular weight excluding hydrogens is 134 g/mol. The van der Waals surface area contributed by atoms with Crippen molar-refractivity contribution in [1.82, 2.24) is 0 Å². The van der Waals surface area contributed by atoms with Crippen LogP contribution in [0.2, 0.25) is 0 Å². The zero-order valence-corrected chi connectivity index (χ0v) is 4.95. The Hall–Kier alpha value is -0.160.